The van der Waals surface area contributed by atoms with E-state index in [1.54, 1.807) is 0 Å². The Hall–Kier alpha value is -2.30. The molecule has 2 rings (SSSR count). The third-order valence-corrected chi connectivity index (χ3v) is 3.97. The maximum absolute atomic E-state index is 13.1. The van der Waals surface area contributed by atoms with Gasteiger partial charge in [0, 0.05) is 18.9 Å². The molecule has 0 aliphatic carbocycles. The summed E-state index contributed by atoms with van der Waals surface area (Å²) >= 11 is 0. The number of unbranched alkanes of at least 4 members (excludes halogenated alkanes) is 1. The van der Waals surface area contributed by atoms with E-state index in [1.165, 1.54) is 18.6 Å². The number of carbonyl (C=O) groups excluding carboxylic acids is 2. The van der Waals surface area contributed by atoms with E-state index < -0.39 is 42.8 Å². The molecule has 1 aliphatic rings. The topological polar surface area (TPSA) is 101 Å². The molecule has 3 N–H and O–H groups in total. The first kappa shape index (κ1) is 20.0. The van der Waals surface area contributed by atoms with Gasteiger partial charge in [-0.2, -0.15) is 17.6 Å². The fourth-order valence-corrected chi connectivity index (χ4v) is 2.48. The average Bonchev–Trinajstić information content (AvgIpc) is 2.82. The van der Waals surface area contributed by atoms with E-state index in [-0.39, 0.29) is 18.7 Å². The van der Waals surface area contributed by atoms with Crippen molar-refractivity contribution in [1.29, 1.82) is 0 Å². The molecule has 0 saturated carbocycles. The molecule has 144 valence electrons. The summed E-state index contributed by atoms with van der Waals surface area (Å²) in [6, 6.07) is -1.14. The average molecular weight is 377 g/mol. The van der Waals surface area contributed by atoms with Crippen molar-refractivity contribution < 1.29 is 27.2 Å². The summed E-state index contributed by atoms with van der Waals surface area (Å²) in [5.41, 5.74) is 5.78. The molecule has 0 aromatic carbocycles. The van der Waals surface area contributed by atoms with Crippen LogP contribution in [0.1, 0.15) is 29.8 Å². The molecule has 1 saturated heterocycles. The largest absolute Gasteiger partial charge is 0.351 e. The molecule has 11 heteroatoms. The Morgan fingerprint density at radius 3 is 2.42 bits per heavy atom. The first-order valence-electron chi connectivity index (χ1n) is 7.98. The highest BCUT2D eigenvalue weighted by Gasteiger charge is 2.64. The smallest absolute Gasteiger partial charge is 0.329 e. The molecular formula is C15H19F4N5O2. The number of halogens is 4. The van der Waals surface area contributed by atoms with Crippen LogP contribution < -0.4 is 11.1 Å². The number of alkyl halides is 4. The van der Waals surface area contributed by atoms with Gasteiger partial charge in [0.15, 0.2) is 0 Å². The van der Waals surface area contributed by atoms with Crippen molar-refractivity contribution in [2.45, 2.75) is 37.1 Å². The van der Waals surface area contributed by atoms with E-state index in [9.17, 15) is 27.2 Å². The minimum Gasteiger partial charge on any atom is -0.351 e. The lowest BCUT2D eigenvalue weighted by atomic mass is 10.1. The fourth-order valence-electron chi connectivity index (χ4n) is 2.48. The number of hydrogen-bond donors (Lipinski definition) is 2. The molecule has 1 fully saturated rings. The SMILES string of the molecule is N[C@@H](CCCCNC(=O)c1cnccn1)C(=O)N1CC(F)(F)C(F)(F)C1. The minimum atomic E-state index is -4.24. The van der Waals surface area contributed by atoms with Gasteiger partial charge < -0.3 is 16.0 Å². The van der Waals surface area contributed by atoms with Gasteiger partial charge in [-0.05, 0) is 19.3 Å². The third-order valence-electron chi connectivity index (χ3n) is 3.97. The summed E-state index contributed by atoms with van der Waals surface area (Å²) in [4.78, 5) is 31.6. The molecule has 1 aliphatic heterocycles. The maximum Gasteiger partial charge on any atom is 0.329 e. The van der Waals surface area contributed by atoms with E-state index in [0.29, 0.717) is 17.7 Å². The zero-order valence-corrected chi connectivity index (χ0v) is 13.8. The van der Waals surface area contributed by atoms with Gasteiger partial charge in [0.1, 0.15) is 5.69 Å². The van der Waals surface area contributed by atoms with Gasteiger partial charge >= 0.3 is 11.8 Å². The Balaban J connectivity index is 1.68. The second-order valence-electron chi connectivity index (χ2n) is 6.05. The quantitative estimate of drug-likeness (QED) is 0.541. The second-order valence-corrected chi connectivity index (χ2v) is 6.05. The Morgan fingerprint density at radius 2 is 1.85 bits per heavy atom. The molecule has 26 heavy (non-hydrogen) atoms. The number of rotatable bonds is 7. The Labute approximate surface area is 147 Å². The van der Waals surface area contributed by atoms with Crippen molar-refractivity contribution in [3.8, 4) is 0 Å². The normalized spacial score (nSPS) is 19.2. The number of hydrogen-bond acceptors (Lipinski definition) is 5. The van der Waals surface area contributed by atoms with Crippen LogP contribution >= 0.6 is 0 Å². The van der Waals surface area contributed by atoms with Crippen LogP contribution in [0.4, 0.5) is 17.6 Å². The fraction of sp³-hybridized carbons (Fsp3) is 0.600. The number of amides is 2. The molecule has 0 unspecified atom stereocenters. The van der Waals surface area contributed by atoms with E-state index in [2.05, 4.69) is 15.3 Å². The number of carbonyl (C=O) groups is 2. The zero-order valence-electron chi connectivity index (χ0n) is 13.8. The highest BCUT2D eigenvalue weighted by molar-refractivity contribution is 5.91. The summed E-state index contributed by atoms with van der Waals surface area (Å²) < 4.78 is 52.5. The van der Waals surface area contributed by atoms with Crippen molar-refractivity contribution in [3.05, 3.63) is 24.3 Å². The predicted molar refractivity (Wildman–Crippen MR) is 82.7 cm³/mol. The van der Waals surface area contributed by atoms with Crippen LogP contribution in [0.15, 0.2) is 18.6 Å². The number of aromatic nitrogens is 2. The zero-order chi connectivity index (χ0) is 19.4. The van der Waals surface area contributed by atoms with Crippen LogP contribution in [-0.2, 0) is 4.79 Å². The lowest BCUT2D eigenvalue weighted by molar-refractivity contribution is -0.172. The van der Waals surface area contributed by atoms with Crippen molar-refractivity contribution in [1.82, 2.24) is 20.2 Å². The van der Waals surface area contributed by atoms with E-state index in [4.69, 9.17) is 5.73 Å². The summed E-state index contributed by atoms with van der Waals surface area (Å²) in [5.74, 6) is -9.81. The van der Waals surface area contributed by atoms with Gasteiger partial charge in [-0.3, -0.25) is 14.6 Å². The summed E-state index contributed by atoms with van der Waals surface area (Å²) in [7, 11) is 0. The maximum atomic E-state index is 13.1. The van der Waals surface area contributed by atoms with Gasteiger partial charge in [0.05, 0.1) is 25.3 Å². The van der Waals surface area contributed by atoms with Crippen molar-refractivity contribution >= 4 is 11.8 Å². The Morgan fingerprint density at radius 1 is 1.19 bits per heavy atom. The molecule has 7 nitrogen and oxygen atoms in total. The number of nitrogens with two attached hydrogens (primary N) is 1. The van der Waals surface area contributed by atoms with Gasteiger partial charge in [0.2, 0.25) is 5.91 Å². The first-order valence-corrected chi connectivity index (χ1v) is 7.98. The standard InChI is InChI=1S/C15H19F4N5O2/c16-14(17)8-24(9-15(14,18)19)13(26)10(20)3-1-2-4-23-12(25)11-7-21-5-6-22-11/h5-7,10H,1-4,8-9,20H2,(H,23,25)/t10-/m0/s1. The molecular weight excluding hydrogens is 358 g/mol. The summed E-state index contributed by atoms with van der Waals surface area (Å²) in [6.07, 6.45) is 5.14. The van der Waals surface area contributed by atoms with Gasteiger partial charge in [-0.25, -0.2) is 4.98 Å². The number of nitrogens with one attached hydrogen (secondary N) is 1. The van der Waals surface area contributed by atoms with Crippen LogP contribution in [0.25, 0.3) is 0 Å². The first-order chi connectivity index (χ1) is 12.1. The molecule has 1 atom stereocenters. The van der Waals surface area contributed by atoms with Crippen molar-refractivity contribution in [2.75, 3.05) is 19.6 Å². The van der Waals surface area contributed by atoms with Crippen LogP contribution in [0.5, 0.6) is 0 Å². The lowest BCUT2D eigenvalue weighted by Crippen LogP contribution is -2.43. The molecule has 2 heterocycles. The van der Waals surface area contributed by atoms with Crippen LogP contribution in [-0.4, -0.2) is 64.2 Å². The van der Waals surface area contributed by atoms with Crippen LogP contribution in [0, 0.1) is 0 Å². The summed E-state index contributed by atoms with van der Waals surface area (Å²) in [6.45, 7) is -2.38. The van der Waals surface area contributed by atoms with E-state index in [0.717, 1.165) is 0 Å². The third kappa shape index (κ3) is 4.65. The minimum absolute atomic E-state index is 0.132. The van der Waals surface area contributed by atoms with Gasteiger partial charge in [-0.1, -0.05) is 0 Å². The highest BCUT2D eigenvalue weighted by Crippen LogP contribution is 2.41. The molecule has 0 bridgehead atoms. The molecule has 1 aromatic heterocycles. The number of nitrogens with zero attached hydrogens (tertiary/aromatic N) is 3. The molecule has 1 aromatic rings. The van der Waals surface area contributed by atoms with E-state index in [1.807, 2.05) is 0 Å². The predicted octanol–water partition coefficient (Wildman–Crippen LogP) is 0.817. The lowest BCUT2D eigenvalue weighted by Gasteiger charge is -2.19. The Bertz CT molecular complexity index is 628. The number of likely N-dealkylation sites (tertiary alicyclic amines) is 1. The van der Waals surface area contributed by atoms with Crippen LogP contribution in [0.3, 0.4) is 0 Å². The van der Waals surface area contributed by atoms with Gasteiger partial charge in [-0.15, -0.1) is 0 Å². The van der Waals surface area contributed by atoms with Crippen LogP contribution in [0.2, 0.25) is 0 Å². The monoisotopic (exact) mass is 377 g/mol. The van der Waals surface area contributed by atoms with Gasteiger partial charge in [0.25, 0.3) is 5.91 Å². The molecule has 0 spiro atoms. The highest BCUT2D eigenvalue weighted by atomic mass is 19.3. The molecule has 0 radical (unpaired) electrons. The molecule has 2 amide bonds. The van der Waals surface area contributed by atoms with Crippen molar-refractivity contribution in [2.24, 2.45) is 5.73 Å². The summed E-state index contributed by atoms with van der Waals surface area (Å²) in [5, 5.41) is 2.60. The van der Waals surface area contributed by atoms with E-state index >= 15 is 0 Å². The van der Waals surface area contributed by atoms with Crippen molar-refractivity contribution in [3.63, 3.8) is 0 Å². The Kier molecular flexibility index (Phi) is 6.11. The second kappa shape index (κ2) is 7.94.